The summed E-state index contributed by atoms with van der Waals surface area (Å²) in [6, 6.07) is 0.722. The smallest absolute Gasteiger partial charge is 0.0771 e. The van der Waals surface area contributed by atoms with Crippen molar-refractivity contribution in [1.29, 1.82) is 0 Å². The predicted molar refractivity (Wildman–Crippen MR) is 56.1 cm³/mol. The summed E-state index contributed by atoms with van der Waals surface area (Å²) in [4.78, 5) is 0. The molecular formula is C12H21NO. The summed E-state index contributed by atoms with van der Waals surface area (Å²) in [5.74, 6) is 0. The Labute approximate surface area is 86.1 Å². The van der Waals surface area contributed by atoms with Gasteiger partial charge in [-0.1, -0.05) is 6.42 Å². The molecule has 0 aliphatic heterocycles. The second-order valence-corrected chi connectivity index (χ2v) is 5.92. The van der Waals surface area contributed by atoms with Gasteiger partial charge in [0.05, 0.1) is 5.60 Å². The van der Waals surface area contributed by atoms with Crippen molar-refractivity contribution in [2.45, 2.75) is 63.0 Å². The molecule has 0 saturated heterocycles. The molecule has 0 unspecified atom stereocenters. The van der Waals surface area contributed by atoms with Crippen LogP contribution in [0.4, 0.5) is 0 Å². The first-order valence-electron chi connectivity index (χ1n) is 6.16. The van der Waals surface area contributed by atoms with Gasteiger partial charge in [0.2, 0.25) is 0 Å². The largest absolute Gasteiger partial charge is 0.389 e. The van der Waals surface area contributed by atoms with Crippen molar-refractivity contribution in [2.75, 3.05) is 6.54 Å². The van der Waals surface area contributed by atoms with Crippen LogP contribution in [-0.2, 0) is 0 Å². The van der Waals surface area contributed by atoms with Gasteiger partial charge in [0, 0.05) is 12.6 Å². The Morgan fingerprint density at radius 3 is 2.14 bits per heavy atom. The zero-order valence-corrected chi connectivity index (χ0v) is 8.89. The zero-order chi connectivity index (χ0) is 9.65. The maximum absolute atomic E-state index is 9.92. The van der Waals surface area contributed by atoms with Crippen LogP contribution in [0.3, 0.4) is 0 Å². The van der Waals surface area contributed by atoms with Crippen molar-refractivity contribution in [2.24, 2.45) is 5.41 Å². The minimum Gasteiger partial charge on any atom is -0.389 e. The van der Waals surface area contributed by atoms with Crippen molar-refractivity contribution < 1.29 is 5.11 Å². The van der Waals surface area contributed by atoms with E-state index in [1.807, 2.05) is 0 Å². The minimum atomic E-state index is -0.331. The number of hydrogen-bond donors (Lipinski definition) is 2. The fraction of sp³-hybridized carbons (Fsp3) is 1.00. The molecule has 2 nitrogen and oxygen atoms in total. The predicted octanol–water partition coefficient (Wildman–Crippen LogP) is 1.82. The van der Waals surface area contributed by atoms with E-state index < -0.39 is 0 Å². The number of nitrogens with one attached hydrogen (secondary N) is 1. The molecule has 3 saturated carbocycles. The highest BCUT2D eigenvalue weighted by atomic mass is 16.3. The molecule has 14 heavy (non-hydrogen) atoms. The quantitative estimate of drug-likeness (QED) is 0.720. The van der Waals surface area contributed by atoms with Crippen molar-refractivity contribution in [3.63, 3.8) is 0 Å². The number of aliphatic hydroxyl groups is 1. The van der Waals surface area contributed by atoms with Gasteiger partial charge in [-0.2, -0.15) is 0 Å². The van der Waals surface area contributed by atoms with E-state index in [0.29, 0.717) is 0 Å². The molecule has 0 radical (unpaired) electrons. The Kier molecular flexibility index (Phi) is 1.94. The first-order valence-corrected chi connectivity index (χ1v) is 6.16. The average molecular weight is 195 g/mol. The van der Waals surface area contributed by atoms with E-state index in [-0.39, 0.29) is 5.60 Å². The number of hydrogen-bond acceptors (Lipinski definition) is 2. The van der Waals surface area contributed by atoms with Crippen molar-refractivity contribution in [3.05, 3.63) is 0 Å². The molecule has 0 aromatic heterocycles. The third kappa shape index (κ3) is 1.40. The molecule has 80 valence electrons. The second kappa shape index (κ2) is 2.96. The van der Waals surface area contributed by atoms with Gasteiger partial charge in [-0.15, -0.1) is 0 Å². The summed E-state index contributed by atoms with van der Waals surface area (Å²) in [6.07, 6.45) is 10.4. The first kappa shape index (κ1) is 9.17. The fourth-order valence-corrected chi connectivity index (χ4v) is 3.31. The van der Waals surface area contributed by atoms with Crippen LogP contribution in [0.2, 0.25) is 0 Å². The van der Waals surface area contributed by atoms with Crippen molar-refractivity contribution >= 4 is 0 Å². The van der Waals surface area contributed by atoms with Crippen LogP contribution >= 0.6 is 0 Å². The van der Waals surface area contributed by atoms with Crippen LogP contribution in [0, 0.1) is 5.41 Å². The normalized spacial score (nSPS) is 33.2. The maximum Gasteiger partial charge on any atom is 0.0771 e. The SMILES string of the molecule is OC1(CNC2CC3(CCC3)C2)CCC1. The van der Waals surface area contributed by atoms with E-state index in [9.17, 15) is 5.11 Å². The Hall–Kier alpha value is -0.0800. The van der Waals surface area contributed by atoms with E-state index in [1.54, 1.807) is 0 Å². The lowest BCUT2D eigenvalue weighted by molar-refractivity contribution is -0.0515. The minimum absolute atomic E-state index is 0.331. The molecule has 2 heteroatoms. The summed E-state index contributed by atoms with van der Waals surface area (Å²) in [5, 5.41) is 13.5. The summed E-state index contributed by atoms with van der Waals surface area (Å²) >= 11 is 0. The van der Waals surface area contributed by atoms with Gasteiger partial charge in [0.25, 0.3) is 0 Å². The molecule has 3 aliphatic rings. The van der Waals surface area contributed by atoms with E-state index in [4.69, 9.17) is 0 Å². The topological polar surface area (TPSA) is 32.3 Å². The van der Waals surface area contributed by atoms with Crippen molar-refractivity contribution in [1.82, 2.24) is 5.32 Å². The zero-order valence-electron chi connectivity index (χ0n) is 8.89. The molecule has 3 aliphatic carbocycles. The third-order valence-corrected chi connectivity index (χ3v) is 4.78. The van der Waals surface area contributed by atoms with Crippen LogP contribution in [0.1, 0.15) is 51.4 Å². The van der Waals surface area contributed by atoms with E-state index in [1.165, 1.54) is 38.5 Å². The van der Waals surface area contributed by atoms with Crippen LogP contribution in [-0.4, -0.2) is 23.3 Å². The summed E-state index contributed by atoms with van der Waals surface area (Å²) in [6.45, 7) is 0.841. The molecule has 1 spiro atoms. The van der Waals surface area contributed by atoms with Gasteiger partial charge >= 0.3 is 0 Å². The Morgan fingerprint density at radius 1 is 1.07 bits per heavy atom. The van der Waals surface area contributed by atoms with E-state index in [0.717, 1.165) is 30.8 Å². The Balaban J connectivity index is 1.39. The average Bonchev–Trinajstić information content (AvgIpc) is 1.95. The monoisotopic (exact) mass is 195 g/mol. The van der Waals surface area contributed by atoms with E-state index in [2.05, 4.69) is 5.32 Å². The van der Waals surface area contributed by atoms with Crippen LogP contribution in [0.25, 0.3) is 0 Å². The molecule has 0 aromatic carbocycles. The van der Waals surface area contributed by atoms with Gasteiger partial charge in [-0.05, 0) is 50.4 Å². The van der Waals surface area contributed by atoms with E-state index >= 15 is 0 Å². The Bertz CT molecular complexity index is 222. The molecule has 0 atom stereocenters. The molecule has 0 heterocycles. The molecule has 0 amide bonds. The lowest BCUT2D eigenvalue weighted by Gasteiger charge is -2.55. The molecule has 0 bridgehead atoms. The molecule has 3 fully saturated rings. The molecular weight excluding hydrogens is 174 g/mol. The lowest BCUT2D eigenvalue weighted by Crippen LogP contribution is -2.56. The molecule has 0 aromatic rings. The summed E-state index contributed by atoms with van der Waals surface area (Å²) in [5.41, 5.74) is 0.433. The van der Waals surface area contributed by atoms with Gasteiger partial charge in [0.1, 0.15) is 0 Å². The van der Waals surface area contributed by atoms with Crippen LogP contribution in [0.5, 0.6) is 0 Å². The summed E-state index contributed by atoms with van der Waals surface area (Å²) < 4.78 is 0. The van der Waals surface area contributed by atoms with Gasteiger partial charge < -0.3 is 10.4 Å². The highest BCUT2D eigenvalue weighted by Gasteiger charge is 2.48. The first-order chi connectivity index (χ1) is 6.70. The van der Waals surface area contributed by atoms with Crippen LogP contribution in [0.15, 0.2) is 0 Å². The number of rotatable bonds is 3. The van der Waals surface area contributed by atoms with Gasteiger partial charge in [-0.25, -0.2) is 0 Å². The molecule has 3 rings (SSSR count). The lowest BCUT2D eigenvalue weighted by atomic mass is 9.54. The highest BCUT2D eigenvalue weighted by Crippen LogP contribution is 2.55. The van der Waals surface area contributed by atoms with Gasteiger partial charge in [-0.3, -0.25) is 0 Å². The Morgan fingerprint density at radius 2 is 1.71 bits per heavy atom. The fourth-order valence-electron chi connectivity index (χ4n) is 3.31. The standard InChI is InChI=1S/C12H21NO/c14-12(5-2-6-12)9-13-10-7-11(8-10)3-1-4-11/h10,13-14H,1-9H2. The van der Waals surface area contributed by atoms with Crippen molar-refractivity contribution in [3.8, 4) is 0 Å². The van der Waals surface area contributed by atoms with Gasteiger partial charge in [0.15, 0.2) is 0 Å². The third-order valence-electron chi connectivity index (χ3n) is 4.78. The second-order valence-electron chi connectivity index (χ2n) is 5.92. The maximum atomic E-state index is 9.92. The van der Waals surface area contributed by atoms with Crippen LogP contribution < -0.4 is 5.32 Å². The summed E-state index contributed by atoms with van der Waals surface area (Å²) in [7, 11) is 0. The highest BCUT2D eigenvalue weighted by molar-refractivity contribution is 5.03. The molecule has 2 N–H and O–H groups in total.